The highest BCUT2D eigenvalue weighted by Crippen LogP contribution is 2.32. The standard InChI is InChI=1S/C21H20FN5O3/c22-15-4-1-13(2-5-15)20-21(26(12-25-20)10-17(29)11-28)14-3-6-19-24-8-16(7-18(23)30)27(19)9-14/h1-6,8-9,12,17,28-29H,7,10-11H2,(H2,23,30)/t17-/m1/s1. The van der Waals surface area contributed by atoms with Crippen molar-refractivity contribution in [3.63, 3.8) is 0 Å². The van der Waals surface area contributed by atoms with Gasteiger partial charge in [-0.1, -0.05) is 0 Å². The third kappa shape index (κ3) is 3.80. The van der Waals surface area contributed by atoms with Gasteiger partial charge in [0.1, 0.15) is 11.5 Å². The van der Waals surface area contributed by atoms with Gasteiger partial charge in [-0.3, -0.25) is 4.79 Å². The maximum Gasteiger partial charge on any atom is 0.223 e. The van der Waals surface area contributed by atoms with Crippen LogP contribution < -0.4 is 5.73 Å². The van der Waals surface area contributed by atoms with Crippen LogP contribution in [-0.4, -0.2) is 47.8 Å². The van der Waals surface area contributed by atoms with E-state index in [9.17, 15) is 19.4 Å². The summed E-state index contributed by atoms with van der Waals surface area (Å²) in [5.41, 5.74) is 9.35. The van der Waals surface area contributed by atoms with Crippen LogP contribution in [0.1, 0.15) is 5.69 Å². The van der Waals surface area contributed by atoms with Gasteiger partial charge in [0.25, 0.3) is 0 Å². The number of rotatable bonds is 7. The molecule has 0 bridgehead atoms. The van der Waals surface area contributed by atoms with Crippen molar-refractivity contribution >= 4 is 11.6 Å². The predicted octanol–water partition coefficient (Wildman–Crippen LogP) is 1.38. The molecule has 0 aliphatic carbocycles. The Labute approximate surface area is 171 Å². The maximum absolute atomic E-state index is 13.4. The number of hydrogen-bond acceptors (Lipinski definition) is 5. The average Bonchev–Trinajstić information content (AvgIpc) is 3.32. The minimum atomic E-state index is -0.971. The van der Waals surface area contributed by atoms with Crippen LogP contribution in [0.4, 0.5) is 4.39 Å². The summed E-state index contributed by atoms with van der Waals surface area (Å²) in [5, 5.41) is 19.2. The second-order valence-corrected chi connectivity index (χ2v) is 6.98. The summed E-state index contributed by atoms with van der Waals surface area (Å²) in [5.74, 6) is -0.823. The molecule has 8 nitrogen and oxygen atoms in total. The molecule has 3 heterocycles. The van der Waals surface area contributed by atoms with E-state index < -0.39 is 18.6 Å². The van der Waals surface area contributed by atoms with Crippen LogP contribution >= 0.6 is 0 Å². The number of imidazole rings is 2. The van der Waals surface area contributed by atoms with E-state index in [0.717, 1.165) is 5.56 Å². The highest BCUT2D eigenvalue weighted by Gasteiger charge is 2.18. The van der Waals surface area contributed by atoms with Crippen LogP contribution in [0.2, 0.25) is 0 Å². The molecule has 0 saturated heterocycles. The Morgan fingerprint density at radius 3 is 2.57 bits per heavy atom. The lowest BCUT2D eigenvalue weighted by Crippen LogP contribution is -2.20. The summed E-state index contributed by atoms with van der Waals surface area (Å²) in [6.07, 6.45) is 4.04. The molecule has 9 heteroatoms. The number of hydrogen-bond donors (Lipinski definition) is 3. The van der Waals surface area contributed by atoms with Gasteiger partial charge in [0.15, 0.2) is 0 Å². The number of pyridine rings is 1. The molecule has 30 heavy (non-hydrogen) atoms. The Morgan fingerprint density at radius 1 is 1.13 bits per heavy atom. The molecule has 4 rings (SSSR count). The highest BCUT2D eigenvalue weighted by molar-refractivity contribution is 5.79. The van der Waals surface area contributed by atoms with E-state index in [2.05, 4.69) is 9.97 Å². The topological polar surface area (TPSA) is 119 Å². The third-order valence-corrected chi connectivity index (χ3v) is 4.78. The molecule has 0 saturated carbocycles. The number of fused-ring (bicyclic) bond motifs is 1. The molecular formula is C21H20FN5O3. The largest absolute Gasteiger partial charge is 0.394 e. The summed E-state index contributed by atoms with van der Waals surface area (Å²) in [6.45, 7) is -0.275. The first-order chi connectivity index (χ1) is 14.5. The van der Waals surface area contributed by atoms with Crippen LogP contribution in [-0.2, 0) is 17.8 Å². The van der Waals surface area contributed by atoms with Gasteiger partial charge in [-0.2, -0.15) is 0 Å². The Kier molecular flexibility index (Phi) is 5.30. The lowest BCUT2D eigenvalue weighted by Gasteiger charge is -2.14. The number of nitrogens with zero attached hydrogens (tertiary/aromatic N) is 4. The number of aliphatic hydroxyl groups excluding tert-OH is 2. The van der Waals surface area contributed by atoms with Crippen molar-refractivity contribution < 1.29 is 19.4 Å². The van der Waals surface area contributed by atoms with Crippen LogP contribution in [0.5, 0.6) is 0 Å². The van der Waals surface area contributed by atoms with E-state index in [-0.39, 0.29) is 18.8 Å². The molecule has 3 aromatic heterocycles. The quantitative estimate of drug-likeness (QED) is 0.426. The average molecular weight is 409 g/mol. The predicted molar refractivity (Wildman–Crippen MR) is 108 cm³/mol. The molecule has 0 unspecified atom stereocenters. The number of nitrogens with two attached hydrogens (primary N) is 1. The fourth-order valence-electron chi connectivity index (χ4n) is 3.41. The molecule has 0 aliphatic rings. The van der Waals surface area contributed by atoms with Gasteiger partial charge in [-0.25, -0.2) is 14.4 Å². The lowest BCUT2D eigenvalue weighted by atomic mass is 10.1. The number of halogens is 1. The highest BCUT2D eigenvalue weighted by atomic mass is 19.1. The van der Waals surface area contributed by atoms with Gasteiger partial charge in [0, 0.05) is 23.5 Å². The van der Waals surface area contributed by atoms with E-state index >= 15 is 0 Å². The van der Waals surface area contributed by atoms with Gasteiger partial charge in [0.05, 0.1) is 49.1 Å². The zero-order chi connectivity index (χ0) is 21.3. The van der Waals surface area contributed by atoms with Crippen molar-refractivity contribution in [3.8, 4) is 22.5 Å². The minimum Gasteiger partial charge on any atom is -0.394 e. The second kappa shape index (κ2) is 8.05. The van der Waals surface area contributed by atoms with Crippen LogP contribution in [0.15, 0.2) is 55.1 Å². The number of aliphatic hydroxyl groups is 2. The van der Waals surface area contributed by atoms with Gasteiger partial charge < -0.3 is 24.9 Å². The number of carbonyl (C=O) groups is 1. The van der Waals surface area contributed by atoms with E-state index in [0.29, 0.717) is 28.3 Å². The van der Waals surface area contributed by atoms with Crippen molar-refractivity contribution in [1.29, 1.82) is 0 Å². The first kappa shape index (κ1) is 19.7. The van der Waals surface area contributed by atoms with Gasteiger partial charge in [0.2, 0.25) is 5.91 Å². The van der Waals surface area contributed by atoms with E-state index in [1.807, 2.05) is 12.3 Å². The van der Waals surface area contributed by atoms with Crippen molar-refractivity contribution in [1.82, 2.24) is 18.9 Å². The Hall–Kier alpha value is -3.56. The Bertz CT molecular complexity index is 1200. The summed E-state index contributed by atoms with van der Waals surface area (Å²) in [7, 11) is 0. The summed E-state index contributed by atoms with van der Waals surface area (Å²) < 4.78 is 16.9. The van der Waals surface area contributed by atoms with Crippen molar-refractivity contribution in [3.05, 3.63) is 66.6 Å². The Morgan fingerprint density at radius 2 is 1.87 bits per heavy atom. The molecule has 4 aromatic rings. The summed E-state index contributed by atoms with van der Waals surface area (Å²) in [4.78, 5) is 20.1. The zero-order valence-corrected chi connectivity index (χ0v) is 15.9. The molecular weight excluding hydrogens is 389 g/mol. The lowest BCUT2D eigenvalue weighted by molar-refractivity contribution is -0.117. The number of amides is 1. The Balaban J connectivity index is 1.88. The number of benzene rings is 1. The monoisotopic (exact) mass is 409 g/mol. The van der Waals surface area contributed by atoms with Crippen LogP contribution in [0, 0.1) is 5.82 Å². The smallest absolute Gasteiger partial charge is 0.223 e. The van der Waals surface area contributed by atoms with Crippen molar-refractivity contribution in [2.75, 3.05) is 6.61 Å². The molecule has 1 amide bonds. The van der Waals surface area contributed by atoms with Crippen molar-refractivity contribution in [2.45, 2.75) is 19.1 Å². The first-order valence-corrected chi connectivity index (χ1v) is 9.31. The van der Waals surface area contributed by atoms with Crippen LogP contribution in [0.3, 0.4) is 0 Å². The second-order valence-electron chi connectivity index (χ2n) is 6.98. The molecule has 0 spiro atoms. The summed E-state index contributed by atoms with van der Waals surface area (Å²) in [6, 6.07) is 9.61. The van der Waals surface area contributed by atoms with Gasteiger partial charge >= 0.3 is 0 Å². The van der Waals surface area contributed by atoms with E-state index in [4.69, 9.17) is 5.73 Å². The van der Waals surface area contributed by atoms with Gasteiger partial charge in [-0.15, -0.1) is 0 Å². The number of primary amides is 1. The molecule has 1 aromatic carbocycles. The van der Waals surface area contributed by atoms with E-state index in [1.54, 1.807) is 39.7 Å². The number of carbonyl (C=O) groups excluding carboxylic acids is 1. The minimum absolute atomic E-state index is 0.0396. The van der Waals surface area contributed by atoms with Gasteiger partial charge in [-0.05, 0) is 36.4 Å². The molecule has 0 aliphatic heterocycles. The maximum atomic E-state index is 13.4. The third-order valence-electron chi connectivity index (χ3n) is 4.78. The first-order valence-electron chi connectivity index (χ1n) is 9.31. The fourth-order valence-corrected chi connectivity index (χ4v) is 3.41. The SMILES string of the molecule is NC(=O)Cc1cnc2ccc(-c3c(-c4ccc(F)cc4)ncn3C[C@@H](O)CO)cn12. The van der Waals surface area contributed by atoms with Crippen molar-refractivity contribution in [2.24, 2.45) is 5.73 Å². The van der Waals surface area contributed by atoms with E-state index in [1.165, 1.54) is 12.1 Å². The molecule has 154 valence electrons. The zero-order valence-electron chi connectivity index (χ0n) is 15.9. The number of aromatic nitrogens is 4. The molecule has 1 atom stereocenters. The van der Waals surface area contributed by atoms with Crippen LogP contribution in [0.25, 0.3) is 28.2 Å². The molecule has 4 N–H and O–H groups in total. The normalized spacial score (nSPS) is 12.4. The molecule has 0 fully saturated rings. The molecule has 0 radical (unpaired) electrons. The summed E-state index contributed by atoms with van der Waals surface area (Å²) >= 11 is 0. The fraction of sp³-hybridized carbons (Fsp3) is 0.190.